The van der Waals surface area contributed by atoms with Gasteiger partial charge < -0.3 is 14.2 Å². The third-order valence-corrected chi connectivity index (χ3v) is 4.21. The Hall–Kier alpha value is -3.53. The molecule has 3 aromatic rings. The Morgan fingerprint density at radius 1 is 0.793 bits per heavy atom. The molecule has 0 unspecified atom stereocenters. The van der Waals surface area contributed by atoms with Crippen LogP contribution in [-0.2, 0) is 0 Å². The number of ether oxygens (including phenoxy) is 3. The Bertz CT molecular complexity index is 1020. The Labute approximate surface area is 172 Å². The molecule has 0 amide bonds. The second-order valence-corrected chi connectivity index (χ2v) is 6.77. The fourth-order valence-electron chi connectivity index (χ4n) is 2.65. The van der Waals surface area contributed by atoms with E-state index in [2.05, 4.69) is 4.99 Å². The molecule has 0 spiro atoms. The van der Waals surface area contributed by atoms with Gasteiger partial charge in [0.05, 0.1) is 19.1 Å². The third kappa shape index (κ3) is 5.98. The lowest BCUT2D eigenvalue weighted by Gasteiger charge is -2.11. The summed E-state index contributed by atoms with van der Waals surface area (Å²) >= 11 is 0. The lowest BCUT2D eigenvalue weighted by molar-refractivity contribution is 0.415. The highest BCUT2D eigenvalue weighted by Gasteiger charge is 2.08. The first-order chi connectivity index (χ1) is 14.0. The van der Waals surface area contributed by atoms with Gasteiger partial charge in [0.15, 0.2) is 0 Å². The number of methoxy groups -OCH3 is 1. The van der Waals surface area contributed by atoms with Gasteiger partial charge in [0, 0.05) is 5.57 Å². The van der Waals surface area contributed by atoms with Gasteiger partial charge in [0.25, 0.3) is 0 Å². The van der Waals surface area contributed by atoms with E-state index in [1.165, 1.54) is 0 Å². The summed E-state index contributed by atoms with van der Waals surface area (Å²) in [7, 11) is 1.64. The molecule has 0 aliphatic heterocycles. The van der Waals surface area contributed by atoms with Crippen LogP contribution in [0.1, 0.15) is 18.1 Å². The molecule has 0 bridgehead atoms. The SMILES string of the molecule is COc1ccc(/N=C(Oc2cccc(C)c2)/C(C)=C/Oc2cccc(C)c2)cc1. The molecule has 0 aromatic heterocycles. The second kappa shape index (κ2) is 9.60. The molecule has 0 radical (unpaired) electrons. The molecule has 0 saturated heterocycles. The summed E-state index contributed by atoms with van der Waals surface area (Å²) in [5.41, 5.74) is 3.78. The second-order valence-electron chi connectivity index (χ2n) is 6.77. The van der Waals surface area contributed by atoms with Crippen LogP contribution in [0, 0.1) is 13.8 Å². The van der Waals surface area contributed by atoms with Crippen molar-refractivity contribution in [2.24, 2.45) is 4.99 Å². The quantitative estimate of drug-likeness (QED) is 0.279. The summed E-state index contributed by atoms with van der Waals surface area (Å²) in [6, 6.07) is 23.2. The van der Waals surface area contributed by atoms with Crippen molar-refractivity contribution < 1.29 is 14.2 Å². The fraction of sp³-hybridized carbons (Fsp3) is 0.160. The zero-order valence-corrected chi connectivity index (χ0v) is 17.2. The average Bonchev–Trinajstić information content (AvgIpc) is 2.72. The number of benzene rings is 3. The summed E-state index contributed by atoms with van der Waals surface area (Å²) < 4.78 is 17.1. The zero-order valence-electron chi connectivity index (χ0n) is 17.2. The molecule has 3 aromatic carbocycles. The average molecular weight is 387 g/mol. The van der Waals surface area contributed by atoms with Crippen molar-refractivity contribution in [3.05, 3.63) is 95.8 Å². The lowest BCUT2D eigenvalue weighted by Crippen LogP contribution is -2.11. The Morgan fingerprint density at radius 3 is 2.03 bits per heavy atom. The van der Waals surface area contributed by atoms with Gasteiger partial charge in [-0.3, -0.25) is 0 Å². The highest BCUT2D eigenvalue weighted by atomic mass is 16.5. The van der Waals surface area contributed by atoms with E-state index in [1.807, 2.05) is 93.6 Å². The Morgan fingerprint density at radius 2 is 1.41 bits per heavy atom. The van der Waals surface area contributed by atoms with Crippen molar-refractivity contribution in [2.45, 2.75) is 20.8 Å². The van der Waals surface area contributed by atoms with E-state index in [4.69, 9.17) is 14.2 Å². The van der Waals surface area contributed by atoms with E-state index in [0.29, 0.717) is 5.90 Å². The van der Waals surface area contributed by atoms with Crippen LogP contribution in [0.4, 0.5) is 5.69 Å². The molecule has 4 nitrogen and oxygen atoms in total. The summed E-state index contributed by atoms with van der Waals surface area (Å²) in [4.78, 5) is 4.68. The van der Waals surface area contributed by atoms with Crippen LogP contribution in [0.25, 0.3) is 0 Å². The summed E-state index contributed by atoms with van der Waals surface area (Å²) in [5.74, 6) is 2.73. The minimum absolute atomic E-state index is 0.466. The van der Waals surface area contributed by atoms with E-state index in [0.717, 1.165) is 39.6 Å². The monoisotopic (exact) mass is 387 g/mol. The smallest absolute Gasteiger partial charge is 0.225 e. The number of hydrogen-bond donors (Lipinski definition) is 0. The molecule has 148 valence electrons. The molecular formula is C25H25NO3. The van der Waals surface area contributed by atoms with Crippen molar-refractivity contribution >= 4 is 11.6 Å². The molecule has 0 aliphatic rings. The van der Waals surface area contributed by atoms with Gasteiger partial charge in [0.1, 0.15) is 17.2 Å². The lowest BCUT2D eigenvalue weighted by atomic mass is 10.2. The van der Waals surface area contributed by atoms with Crippen LogP contribution in [0.2, 0.25) is 0 Å². The van der Waals surface area contributed by atoms with Crippen molar-refractivity contribution in [1.29, 1.82) is 0 Å². The zero-order chi connectivity index (χ0) is 20.6. The van der Waals surface area contributed by atoms with Crippen molar-refractivity contribution in [3.8, 4) is 17.2 Å². The highest BCUT2D eigenvalue weighted by Crippen LogP contribution is 2.22. The highest BCUT2D eigenvalue weighted by molar-refractivity contribution is 5.96. The van der Waals surface area contributed by atoms with Gasteiger partial charge in [-0.15, -0.1) is 0 Å². The van der Waals surface area contributed by atoms with E-state index in [-0.39, 0.29) is 0 Å². The van der Waals surface area contributed by atoms with Gasteiger partial charge >= 0.3 is 0 Å². The molecule has 0 heterocycles. The van der Waals surface area contributed by atoms with Crippen LogP contribution < -0.4 is 14.2 Å². The third-order valence-electron chi connectivity index (χ3n) is 4.21. The van der Waals surface area contributed by atoms with Gasteiger partial charge in [-0.2, -0.15) is 0 Å². The molecule has 3 rings (SSSR count). The predicted octanol–water partition coefficient (Wildman–Crippen LogP) is 6.40. The largest absolute Gasteiger partial charge is 0.497 e. The van der Waals surface area contributed by atoms with E-state index in [1.54, 1.807) is 13.4 Å². The van der Waals surface area contributed by atoms with Gasteiger partial charge in [-0.25, -0.2) is 4.99 Å². The van der Waals surface area contributed by atoms with E-state index >= 15 is 0 Å². The molecule has 0 N–H and O–H groups in total. The maximum atomic E-state index is 6.10. The maximum absolute atomic E-state index is 6.10. The predicted molar refractivity (Wildman–Crippen MR) is 117 cm³/mol. The van der Waals surface area contributed by atoms with Gasteiger partial charge in [-0.05, 0) is 80.4 Å². The number of hydrogen-bond acceptors (Lipinski definition) is 4. The minimum Gasteiger partial charge on any atom is -0.497 e. The first-order valence-corrected chi connectivity index (χ1v) is 9.41. The normalized spacial score (nSPS) is 11.9. The summed E-state index contributed by atoms with van der Waals surface area (Å²) in [6.45, 7) is 5.96. The topological polar surface area (TPSA) is 40.0 Å². The number of nitrogens with zero attached hydrogens (tertiary/aromatic N) is 1. The summed E-state index contributed by atoms with van der Waals surface area (Å²) in [6.07, 6.45) is 1.66. The van der Waals surface area contributed by atoms with Crippen LogP contribution in [0.5, 0.6) is 17.2 Å². The molecule has 0 fully saturated rings. The Kier molecular flexibility index (Phi) is 6.69. The fourth-order valence-corrected chi connectivity index (χ4v) is 2.65. The molecule has 4 heteroatoms. The van der Waals surface area contributed by atoms with Crippen LogP contribution in [0.3, 0.4) is 0 Å². The number of aryl methyl sites for hydroxylation is 2. The minimum atomic E-state index is 0.466. The van der Waals surface area contributed by atoms with Crippen LogP contribution >= 0.6 is 0 Å². The van der Waals surface area contributed by atoms with Crippen LogP contribution in [-0.4, -0.2) is 13.0 Å². The summed E-state index contributed by atoms with van der Waals surface area (Å²) in [5, 5.41) is 0. The van der Waals surface area contributed by atoms with Gasteiger partial charge in [0.2, 0.25) is 5.90 Å². The van der Waals surface area contributed by atoms with Crippen molar-refractivity contribution in [3.63, 3.8) is 0 Å². The molecule has 0 atom stereocenters. The molecule has 29 heavy (non-hydrogen) atoms. The standard InChI is InChI=1S/C25H25NO3/c1-18-7-5-9-23(15-18)28-17-20(3)25(29-24-10-6-8-19(2)16-24)26-21-11-13-22(27-4)14-12-21/h5-17H,1-4H3/b20-17+,26-25-. The molecular weight excluding hydrogens is 362 g/mol. The van der Waals surface area contributed by atoms with Crippen molar-refractivity contribution in [1.82, 2.24) is 0 Å². The maximum Gasteiger partial charge on any atom is 0.225 e. The van der Waals surface area contributed by atoms with E-state index < -0.39 is 0 Å². The number of aliphatic imine (C=N–C) groups is 1. The number of rotatable bonds is 6. The van der Waals surface area contributed by atoms with E-state index in [9.17, 15) is 0 Å². The molecule has 0 aliphatic carbocycles. The van der Waals surface area contributed by atoms with Crippen molar-refractivity contribution in [2.75, 3.05) is 7.11 Å². The Balaban J connectivity index is 1.89. The first-order valence-electron chi connectivity index (χ1n) is 9.41. The molecule has 0 saturated carbocycles. The first kappa shape index (κ1) is 20.2. The van der Waals surface area contributed by atoms with Gasteiger partial charge in [-0.1, -0.05) is 24.3 Å². The van der Waals surface area contributed by atoms with Crippen LogP contribution in [0.15, 0.2) is 89.6 Å².